The van der Waals surface area contributed by atoms with E-state index in [9.17, 15) is 4.79 Å². The molecule has 0 atom stereocenters. The van der Waals surface area contributed by atoms with E-state index in [0.29, 0.717) is 12.2 Å². The molecule has 0 N–H and O–H groups in total. The normalized spacial score (nSPS) is 9.65. The number of benzene rings is 1. The van der Waals surface area contributed by atoms with Crippen molar-refractivity contribution < 1.29 is 31.1 Å². The lowest BCUT2D eigenvalue weighted by Crippen LogP contribution is -3.00. The molecule has 1 aromatic heterocycles. The van der Waals surface area contributed by atoms with Gasteiger partial charge in [0.15, 0.2) is 18.9 Å². The minimum absolute atomic E-state index is 0. The maximum absolute atomic E-state index is 11.5. The summed E-state index contributed by atoms with van der Waals surface area (Å²) in [6, 6.07) is 13.9. The molecule has 0 bridgehead atoms. The summed E-state index contributed by atoms with van der Waals surface area (Å²) < 4.78 is 7.01. The van der Waals surface area contributed by atoms with Gasteiger partial charge >= 0.3 is 5.97 Å². The second-order valence-corrected chi connectivity index (χ2v) is 4.28. The summed E-state index contributed by atoms with van der Waals surface area (Å²) >= 11 is 0. The molecule has 0 spiro atoms. The maximum Gasteiger partial charge on any atom is 0.338 e. The van der Waals surface area contributed by atoms with Crippen LogP contribution in [0.2, 0.25) is 0 Å². The minimum atomic E-state index is -0.266. The Kier molecular flexibility index (Phi) is 6.94. The van der Waals surface area contributed by atoms with E-state index in [2.05, 4.69) is 16.7 Å². The van der Waals surface area contributed by atoms with Crippen LogP contribution in [0, 0.1) is 0 Å². The van der Waals surface area contributed by atoms with Crippen molar-refractivity contribution in [2.24, 2.45) is 0 Å². The highest BCUT2D eigenvalue weighted by atomic mass is 79.9. The SMILES string of the molecule is CCOC(=O)c1cc[n+](CCc2ccccc2)cc1.[Br-]. The Balaban J connectivity index is 0.00000200. The Bertz CT molecular complexity index is 526. The molecule has 0 fully saturated rings. The summed E-state index contributed by atoms with van der Waals surface area (Å²) in [5, 5.41) is 0. The lowest BCUT2D eigenvalue weighted by Gasteiger charge is -2.01. The van der Waals surface area contributed by atoms with Crippen molar-refractivity contribution in [3.05, 3.63) is 66.0 Å². The highest BCUT2D eigenvalue weighted by molar-refractivity contribution is 5.88. The lowest BCUT2D eigenvalue weighted by atomic mass is 10.1. The average molecular weight is 336 g/mol. The first kappa shape index (κ1) is 16.4. The number of hydrogen-bond acceptors (Lipinski definition) is 2. The predicted octanol–water partition coefficient (Wildman–Crippen LogP) is -0.602. The smallest absolute Gasteiger partial charge is 0.338 e. The van der Waals surface area contributed by atoms with Crippen LogP contribution in [0.3, 0.4) is 0 Å². The number of carbonyl (C=O) groups is 1. The number of aromatic nitrogens is 1. The van der Waals surface area contributed by atoms with Crippen LogP contribution in [0.5, 0.6) is 0 Å². The third-order valence-corrected chi connectivity index (χ3v) is 2.90. The molecule has 0 aliphatic carbocycles. The zero-order valence-electron chi connectivity index (χ0n) is 11.5. The largest absolute Gasteiger partial charge is 1.00 e. The summed E-state index contributed by atoms with van der Waals surface area (Å²) in [5.41, 5.74) is 1.90. The van der Waals surface area contributed by atoms with Gasteiger partial charge in [0.1, 0.15) is 0 Å². The quantitative estimate of drug-likeness (QED) is 0.539. The molecule has 0 aliphatic rings. The van der Waals surface area contributed by atoms with E-state index in [1.165, 1.54) is 5.56 Å². The molecule has 0 amide bonds. The average Bonchev–Trinajstić information content (AvgIpc) is 2.47. The van der Waals surface area contributed by atoms with Gasteiger partial charge < -0.3 is 21.7 Å². The number of carbonyl (C=O) groups excluding carboxylic acids is 1. The summed E-state index contributed by atoms with van der Waals surface area (Å²) in [6.45, 7) is 3.11. The summed E-state index contributed by atoms with van der Waals surface area (Å²) in [4.78, 5) is 11.5. The first-order chi connectivity index (χ1) is 9.29. The second-order valence-electron chi connectivity index (χ2n) is 4.28. The zero-order chi connectivity index (χ0) is 13.5. The van der Waals surface area contributed by atoms with Crippen LogP contribution in [0.15, 0.2) is 54.9 Å². The first-order valence-electron chi connectivity index (χ1n) is 6.49. The Morgan fingerprint density at radius 2 is 1.75 bits per heavy atom. The highest BCUT2D eigenvalue weighted by Gasteiger charge is 2.08. The van der Waals surface area contributed by atoms with Gasteiger partial charge in [-0.3, -0.25) is 0 Å². The van der Waals surface area contributed by atoms with E-state index >= 15 is 0 Å². The molecule has 1 heterocycles. The Labute approximate surface area is 130 Å². The molecule has 2 aromatic rings. The van der Waals surface area contributed by atoms with Crippen molar-refractivity contribution in [1.82, 2.24) is 0 Å². The molecule has 3 nitrogen and oxygen atoms in total. The monoisotopic (exact) mass is 335 g/mol. The number of nitrogens with zero attached hydrogens (tertiary/aromatic N) is 1. The number of ether oxygens (including phenoxy) is 1. The number of aryl methyl sites for hydroxylation is 2. The third-order valence-electron chi connectivity index (χ3n) is 2.90. The van der Waals surface area contributed by atoms with Crippen LogP contribution in [-0.2, 0) is 17.7 Å². The molecule has 20 heavy (non-hydrogen) atoms. The van der Waals surface area contributed by atoms with Gasteiger partial charge in [0, 0.05) is 18.6 Å². The molecule has 4 heteroatoms. The van der Waals surface area contributed by atoms with Crippen LogP contribution in [0.4, 0.5) is 0 Å². The van der Waals surface area contributed by atoms with Gasteiger partial charge in [0.25, 0.3) is 0 Å². The highest BCUT2D eigenvalue weighted by Crippen LogP contribution is 2.01. The van der Waals surface area contributed by atoms with E-state index in [4.69, 9.17) is 4.74 Å². The van der Waals surface area contributed by atoms with Gasteiger partial charge in [-0.05, 0) is 12.5 Å². The Morgan fingerprint density at radius 3 is 2.35 bits per heavy atom. The summed E-state index contributed by atoms with van der Waals surface area (Å²) in [5.74, 6) is -0.266. The Hall–Kier alpha value is -1.68. The number of rotatable bonds is 5. The van der Waals surface area contributed by atoms with Crippen LogP contribution < -0.4 is 21.5 Å². The van der Waals surface area contributed by atoms with Crippen molar-refractivity contribution in [3.8, 4) is 0 Å². The van der Waals surface area contributed by atoms with Gasteiger partial charge in [-0.2, -0.15) is 0 Å². The van der Waals surface area contributed by atoms with Gasteiger partial charge in [-0.25, -0.2) is 9.36 Å². The van der Waals surface area contributed by atoms with Gasteiger partial charge in [0.05, 0.1) is 12.2 Å². The summed E-state index contributed by atoms with van der Waals surface area (Å²) in [7, 11) is 0. The van der Waals surface area contributed by atoms with Gasteiger partial charge in [0.2, 0.25) is 0 Å². The Morgan fingerprint density at radius 1 is 1.10 bits per heavy atom. The van der Waals surface area contributed by atoms with Crippen LogP contribution in [0.25, 0.3) is 0 Å². The maximum atomic E-state index is 11.5. The molecule has 0 aliphatic heterocycles. The molecular formula is C16H18BrNO2. The molecule has 0 saturated heterocycles. The van der Waals surface area contributed by atoms with Crippen molar-refractivity contribution in [1.29, 1.82) is 0 Å². The number of esters is 1. The molecule has 0 saturated carbocycles. The molecule has 106 valence electrons. The topological polar surface area (TPSA) is 30.2 Å². The fourth-order valence-corrected chi connectivity index (χ4v) is 1.86. The molecule has 1 aromatic carbocycles. The van der Waals surface area contributed by atoms with Crippen LogP contribution in [-0.4, -0.2) is 12.6 Å². The predicted molar refractivity (Wildman–Crippen MR) is 72.7 cm³/mol. The minimum Gasteiger partial charge on any atom is -1.00 e. The van der Waals surface area contributed by atoms with Crippen molar-refractivity contribution >= 4 is 5.97 Å². The molecule has 0 unspecified atom stereocenters. The van der Waals surface area contributed by atoms with Crippen molar-refractivity contribution in [2.75, 3.05) is 6.61 Å². The van der Waals surface area contributed by atoms with E-state index in [1.807, 2.05) is 30.6 Å². The van der Waals surface area contributed by atoms with Crippen molar-refractivity contribution in [3.63, 3.8) is 0 Å². The number of halogens is 1. The zero-order valence-corrected chi connectivity index (χ0v) is 13.0. The fourth-order valence-electron chi connectivity index (χ4n) is 1.86. The van der Waals surface area contributed by atoms with E-state index in [-0.39, 0.29) is 23.0 Å². The second kappa shape index (κ2) is 8.48. The van der Waals surface area contributed by atoms with Crippen LogP contribution in [0.1, 0.15) is 22.8 Å². The van der Waals surface area contributed by atoms with E-state index < -0.39 is 0 Å². The molecular weight excluding hydrogens is 318 g/mol. The fraction of sp³-hybridized carbons (Fsp3) is 0.250. The molecule has 0 radical (unpaired) electrons. The standard InChI is InChI=1S/C16H18NO2.BrH/c1-2-19-16(18)15-9-12-17(13-10-15)11-8-14-6-4-3-5-7-14;/h3-7,9-10,12-13H,2,8,11H2,1H3;1H/q+1;/p-1. The van der Waals surface area contributed by atoms with Crippen molar-refractivity contribution in [2.45, 2.75) is 19.9 Å². The summed E-state index contributed by atoms with van der Waals surface area (Å²) in [6.07, 6.45) is 4.80. The first-order valence-corrected chi connectivity index (χ1v) is 6.49. The van der Waals surface area contributed by atoms with Gasteiger partial charge in [-0.15, -0.1) is 0 Å². The number of pyridine rings is 1. The van der Waals surface area contributed by atoms with E-state index in [0.717, 1.165) is 13.0 Å². The van der Waals surface area contributed by atoms with Crippen LogP contribution >= 0.6 is 0 Å². The lowest BCUT2D eigenvalue weighted by molar-refractivity contribution is -0.696. The van der Waals surface area contributed by atoms with Gasteiger partial charge in [-0.1, -0.05) is 30.3 Å². The number of hydrogen-bond donors (Lipinski definition) is 0. The van der Waals surface area contributed by atoms with E-state index in [1.54, 1.807) is 19.1 Å². The molecule has 2 rings (SSSR count). The third kappa shape index (κ3) is 4.78.